The van der Waals surface area contributed by atoms with Crippen LogP contribution in [0.4, 0.5) is 5.69 Å². The van der Waals surface area contributed by atoms with E-state index in [0.717, 1.165) is 22.3 Å². The normalized spacial score (nSPS) is 14.5. The maximum atomic E-state index is 10.6. The van der Waals surface area contributed by atoms with E-state index in [2.05, 4.69) is 0 Å². The van der Waals surface area contributed by atoms with Crippen molar-refractivity contribution in [2.75, 3.05) is 5.73 Å². The van der Waals surface area contributed by atoms with Crippen LogP contribution in [0.1, 0.15) is 11.1 Å². The van der Waals surface area contributed by atoms with E-state index in [1.165, 1.54) is 0 Å². The van der Waals surface area contributed by atoms with Gasteiger partial charge in [0, 0.05) is 16.8 Å². The van der Waals surface area contributed by atoms with Crippen molar-refractivity contribution in [2.45, 2.75) is 5.79 Å². The highest BCUT2D eigenvalue weighted by Gasteiger charge is 2.41. The number of hydrogen-bond acceptors (Lipinski definition) is 3. The zero-order chi connectivity index (χ0) is 15.3. The number of aliphatic hydroxyl groups is 2. The minimum absolute atomic E-state index is 0.436. The highest BCUT2D eigenvalue weighted by atomic mass is 16.5. The molecule has 0 aliphatic heterocycles. The standard InChI is InChI=1S/C19H15NO2/c20-13-9-10-15-17(11-13)19(21,22)16-8-4-7-14(18(15)16)12-5-2-1-3-6-12/h1-11,21-22H,20H2. The molecule has 22 heavy (non-hydrogen) atoms. The Morgan fingerprint density at radius 3 is 2.27 bits per heavy atom. The van der Waals surface area contributed by atoms with Gasteiger partial charge < -0.3 is 15.9 Å². The molecule has 108 valence electrons. The summed E-state index contributed by atoms with van der Waals surface area (Å²) in [4.78, 5) is 0. The lowest BCUT2D eigenvalue weighted by atomic mass is 9.94. The second-order valence-electron chi connectivity index (χ2n) is 5.57. The Morgan fingerprint density at radius 2 is 1.50 bits per heavy atom. The molecule has 4 rings (SSSR count). The number of rotatable bonds is 1. The number of nitrogen functional groups attached to an aromatic ring is 1. The Hall–Kier alpha value is -2.62. The van der Waals surface area contributed by atoms with Gasteiger partial charge in [-0.25, -0.2) is 0 Å². The topological polar surface area (TPSA) is 66.5 Å². The van der Waals surface area contributed by atoms with E-state index in [-0.39, 0.29) is 0 Å². The van der Waals surface area contributed by atoms with Crippen molar-refractivity contribution in [3.8, 4) is 22.3 Å². The molecule has 0 aromatic heterocycles. The lowest BCUT2D eigenvalue weighted by molar-refractivity contribution is -0.128. The molecule has 0 atom stereocenters. The van der Waals surface area contributed by atoms with Gasteiger partial charge in [0.1, 0.15) is 0 Å². The van der Waals surface area contributed by atoms with Crippen molar-refractivity contribution in [1.29, 1.82) is 0 Å². The van der Waals surface area contributed by atoms with Gasteiger partial charge >= 0.3 is 0 Å². The van der Waals surface area contributed by atoms with E-state index in [0.29, 0.717) is 16.8 Å². The van der Waals surface area contributed by atoms with Gasteiger partial charge in [-0.05, 0) is 34.4 Å². The summed E-state index contributed by atoms with van der Waals surface area (Å²) in [7, 11) is 0. The summed E-state index contributed by atoms with van der Waals surface area (Å²) in [6, 6.07) is 20.8. The SMILES string of the molecule is Nc1ccc2c(c1)C(O)(O)c1cccc(-c3ccccc3)c1-2. The number of benzene rings is 3. The lowest BCUT2D eigenvalue weighted by Crippen LogP contribution is -2.23. The summed E-state index contributed by atoms with van der Waals surface area (Å²) in [6.07, 6.45) is 0. The minimum Gasteiger partial charge on any atom is -0.399 e. The summed E-state index contributed by atoms with van der Waals surface area (Å²) in [5, 5.41) is 21.2. The van der Waals surface area contributed by atoms with Gasteiger partial charge in [-0.2, -0.15) is 0 Å². The highest BCUT2D eigenvalue weighted by molar-refractivity contribution is 5.92. The van der Waals surface area contributed by atoms with Crippen LogP contribution in [-0.4, -0.2) is 10.2 Å². The first-order valence-corrected chi connectivity index (χ1v) is 7.13. The molecule has 1 aliphatic rings. The van der Waals surface area contributed by atoms with Crippen molar-refractivity contribution in [3.05, 3.63) is 77.9 Å². The Labute approximate surface area is 128 Å². The second-order valence-corrected chi connectivity index (χ2v) is 5.57. The predicted molar refractivity (Wildman–Crippen MR) is 86.9 cm³/mol. The van der Waals surface area contributed by atoms with Crippen LogP contribution in [-0.2, 0) is 5.79 Å². The Morgan fingerprint density at radius 1 is 0.727 bits per heavy atom. The van der Waals surface area contributed by atoms with Crippen LogP contribution >= 0.6 is 0 Å². The molecule has 0 heterocycles. The highest BCUT2D eigenvalue weighted by Crippen LogP contribution is 2.50. The first-order chi connectivity index (χ1) is 10.6. The first kappa shape index (κ1) is 13.1. The maximum Gasteiger partial charge on any atom is 0.218 e. The molecule has 0 spiro atoms. The summed E-state index contributed by atoms with van der Waals surface area (Å²) < 4.78 is 0. The molecule has 3 aromatic carbocycles. The zero-order valence-electron chi connectivity index (χ0n) is 11.8. The van der Waals surface area contributed by atoms with Gasteiger partial charge in [0.05, 0.1) is 0 Å². The van der Waals surface area contributed by atoms with Crippen molar-refractivity contribution >= 4 is 5.69 Å². The van der Waals surface area contributed by atoms with Crippen LogP contribution in [0.15, 0.2) is 66.7 Å². The fraction of sp³-hybridized carbons (Fsp3) is 0.0526. The van der Waals surface area contributed by atoms with Crippen LogP contribution in [0, 0.1) is 0 Å². The third kappa shape index (κ3) is 1.70. The van der Waals surface area contributed by atoms with Crippen molar-refractivity contribution in [3.63, 3.8) is 0 Å². The molecule has 0 radical (unpaired) electrons. The molecule has 0 unspecified atom stereocenters. The van der Waals surface area contributed by atoms with Gasteiger partial charge in [0.15, 0.2) is 0 Å². The molecule has 4 N–H and O–H groups in total. The number of anilines is 1. The third-order valence-corrected chi connectivity index (χ3v) is 4.21. The van der Waals surface area contributed by atoms with E-state index in [4.69, 9.17) is 5.73 Å². The average molecular weight is 289 g/mol. The second kappa shape index (κ2) is 4.44. The monoisotopic (exact) mass is 289 g/mol. The molecule has 0 amide bonds. The minimum atomic E-state index is -2.01. The largest absolute Gasteiger partial charge is 0.399 e. The summed E-state index contributed by atoms with van der Waals surface area (Å²) in [6.45, 7) is 0. The average Bonchev–Trinajstić information content (AvgIpc) is 2.76. The zero-order valence-corrected chi connectivity index (χ0v) is 11.8. The quantitative estimate of drug-likeness (QED) is 0.476. The molecular formula is C19H15NO2. The van der Waals surface area contributed by atoms with Crippen LogP contribution in [0.3, 0.4) is 0 Å². The van der Waals surface area contributed by atoms with Crippen molar-refractivity contribution < 1.29 is 10.2 Å². The first-order valence-electron chi connectivity index (χ1n) is 7.13. The van der Waals surface area contributed by atoms with E-state index < -0.39 is 5.79 Å². The van der Waals surface area contributed by atoms with Crippen LogP contribution in [0.2, 0.25) is 0 Å². The van der Waals surface area contributed by atoms with E-state index >= 15 is 0 Å². The van der Waals surface area contributed by atoms with Crippen LogP contribution in [0.25, 0.3) is 22.3 Å². The van der Waals surface area contributed by atoms with Gasteiger partial charge in [-0.1, -0.05) is 54.6 Å². The summed E-state index contributed by atoms with van der Waals surface area (Å²) in [5.74, 6) is -2.01. The smallest absolute Gasteiger partial charge is 0.218 e. The van der Waals surface area contributed by atoms with Crippen molar-refractivity contribution in [1.82, 2.24) is 0 Å². The van der Waals surface area contributed by atoms with Crippen LogP contribution < -0.4 is 5.73 Å². The number of nitrogens with two attached hydrogens (primary N) is 1. The molecule has 0 bridgehead atoms. The fourth-order valence-corrected chi connectivity index (χ4v) is 3.20. The van der Waals surface area contributed by atoms with Gasteiger partial charge in [0.25, 0.3) is 0 Å². The predicted octanol–water partition coefficient (Wildman–Crippen LogP) is 3.10. The fourth-order valence-electron chi connectivity index (χ4n) is 3.20. The Kier molecular flexibility index (Phi) is 2.64. The third-order valence-electron chi connectivity index (χ3n) is 4.21. The molecule has 3 nitrogen and oxygen atoms in total. The lowest BCUT2D eigenvalue weighted by Gasteiger charge is -2.18. The van der Waals surface area contributed by atoms with Gasteiger partial charge in [-0.15, -0.1) is 0 Å². The molecule has 3 aromatic rings. The van der Waals surface area contributed by atoms with E-state index in [9.17, 15) is 10.2 Å². The molecule has 0 fully saturated rings. The molecule has 0 saturated heterocycles. The molecular weight excluding hydrogens is 274 g/mol. The van der Waals surface area contributed by atoms with E-state index in [1.54, 1.807) is 18.2 Å². The molecule has 3 heteroatoms. The summed E-state index contributed by atoms with van der Waals surface area (Å²) in [5.41, 5.74) is 10.9. The molecule has 1 aliphatic carbocycles. The molecule has 0 saturated carbocycles. The van der Waals surface area contributed by atoms with E-state index in [1.807, 2.05) is 48.5 Å². The maximum absolute atomic E-state index is 10.6. The summed E-state index contributed by atoms with van der Waals surface area (Å²) >= 11 is 0. The Balaban J connectivity index is 2.07. The number of fused-ring (bicyclic) bond motifs is 3. The number of hydrogen-bond donors (Lipinski definition) is 3. The Bertz CT molecular complexity index is 870. The van der Waals surface area contributed by atoms with Crippen molar-refractivity contribution in [2.24, 2.45) is 0 Å². The van der Waals surface area contributed by atoms with Gasteiger partial charge in [-0.3, -0.25) is 0 Å². The van der Waals surface area contributed by atoms with Crippen LogP contribution in [0.5, 0.6) is 0 Å². The van der Waals surface area contributed by atoms with Gasteiger partial charge in [0.2, 0.25) is 5.79 Å².